The minimum Gasteiger partial charge on any atom is -0.338 e. The molecule has 1 atom stereocenters. The maximum absolute atomic E-state index is 12.8. The second kappa shape index (κ2) is 9.74. The van der Waals surface area contributed by atoms with Gasteiger partial charge in [0.15, 0.2) is 0 Å². The molecule has 1 aliphatic rings. The number of hydrogen-bond donors (Lipinski definition) is 2. The molecule has 2 heterocycles. The summed E-state index contributed by atoms with van der Waals surface area (Å²) < 4.78 is 5.45. The van der Waals surface area contributed by atoms with Crippen molar-refractivity contribution in [2.24, 2.45) is 5.92 Å². The molecule has 0 saturated carbocycles. The summed E-state index contributed by atoms with van der Waals surface area (Å²) in [4.78, 5) is 30.8. The van der Waals surface area contributed by atoms with Gasteiger partial charge in [-0.1, -0.05) is 41.1 Å². The van der Waals surface area contributed by atoms with E-state index in [1.54, 1.807) is 18.2 Å². The third kappa shape index (κ3) is 5.59. The van der Waals surface area contributed by atoms with Crippen LogP contribution >= 0.6 is 0 Å². The average molecular weight is 434 g/mol. The quantitative estimate of drug-likeness (QED) is 0.612. The van der Waals surface area contributed by atoms with Crippen LogP contribution in [0.5, 0.6) is 0 Å². The number of aromatic nitrogens is 2. The molecule has 2 N–H and O–H groups in total. The lowest BCUT2D eigenvalue weighted by Crippen LogP contribution is -2.40. The predicted molar refractivity (Wildman–Crippen MR) is 122 cm³/mol. The Morgan fingerprint density at radius 2 is 1.88 bits per heavy atom. The largest absolute Gasteiger partial charge is 0.338 e. The second-order valence-electron chi connectivity index (χ2n) is 8.20. The highest BCUT2D eigenvalue weighted by atomic mass is 16.5. The van der Waals surface area contributed by atoms with E-state index < -0.39 is 0 Å². The average Bonchev–Trinajstić information content (AvgIpc) is 3.22. The maximum atomic E-state index is 12.8. The highest BCUT2D eigenvalue weighted by molar-refractivity contribution is 5.94. The molecule has 8 heteroatoms. The molecular weight excluding hydrogens is 406 g/mol. The van der Waals surface area contributed by atoms with Crippen molar-refractivity contribution in [2.75, 3.05) is 23.7 Å². The molecule has 32 heavy (non-hydrogen) atoms. The fourth-order valence-corrected chi connectivity index (χ4v) is 3.87. The number of carbonyl (C=O) groups is 2. The Bertz CT molecular complexity index is 1090. The summed E-state index contributed by atoms with van der Waals surface area (Å²) in [7, 11) is 0. The monoisotopic (exact) mass is 433 g/mol. The van der Waals surface area contributed by atoms with Gasteiger partial charge >= 0.3 is 0 Å². The number of piperidine rings is 1. The van der Waals surface area contributed by atoms with Gasteiger partial charge in [-0.05, 0) is 44.5 Å². The highest BCUT2D eigenvalue weighted by Gasteiger charge is 2.27. The molecule has 1 unspecified atom stereocenters. The van der Waals surface area contributed by atoms with E-state index >= 15 is 0 Å². The van der Waals surface area contributed by atoms with Gasteiger partial charge in [0.25, 0.3) is 0 Å². The number of anilines is 2. The molecule has 166 valence electrons. The second-order valence-corrected chi connectivity index (χ2v) is 8.20. The SMILES string of the molecule is CC(=O)Nc1cccc(NC(=O)C2CCCN(Cc3nc(-c4ccc(C)cc4)no3)C2)c1. The number of nitrogens with one attached hydrogen (secondary N) is 2. The van der Waals surface area contributed by atoms with E-state index in [1.165, 1.54) is 12.5 Å². The Morgan fingerprint density at radius 1 is 1.12 bits per heavy atom. The molecular formula is C24H27N5O3. The normalized spacial score (nSPS) is 16.5. The highest BCUT2D eigenvalue weighted by Crippen LogP contribution is 2.23. The summed E-state index contributed by atoms with van der Waals surface area (Å²) in [6.45, 7) is 5.51. The Kier molecular flexibility index (Phi) is 6.61. The van der Waals surface area contributed by atoms with Crippen molar-refractivity contribution in [3.63, 3.8) is 0 Å². The van der Waals surface area contributed by atoms with Crippen molar-refractivity contribution < 1.29 is 14.1 Å². The molecule has 1 saturated heterocycles. The van der Waals surface area contributed by atoms with E-state index in [0.29, 0.717) is 36.2 Å². The molecule has 3 aromatic rings. The summed E-state index contributed by atoms with van der Waals surface area (Å²) in [5.74, 6) is 0.811. The fourth-order valence-electron chi connectivity index (χ4n) is 3.87. The predicted octanol–water partition coefficient (Wildman–Crippen LogP) is 3.85. The molecule has 4 rings (SSSR count). The van der Waals surface area contributed by atoms with Crippen molar-refractivity contribution in [1.29, 1.82) is 0 Å². The number of benzene rings is 2. The first-order valence-electron chi connectivity index (χ1n) is 10.8. The molecule has 0 bridgehead atoms. The fraction of sp³-hybridized carbons (Fsp3) is 0.333. The molecule has 8 nitrogen and oxygen atoms in total. The van der Waals surface area contributed by atoms with Crippen molar-refractivity contribution in [3.8, 4) is 11.4 Å². The third-order valence-electron chi connectivity index (χ3n) is 5.46. The minimum absolute atomic E-state index is 0.0273. The van der Waals surface area contributed by atoms with E-state index in [2.05, 4.69) is 25.7 Å². The minimum atomic E-state index is -0.150. The first-order valence-corrected chi connectivity index (χ1v) is 10.8. The summed E-state index contributed by atoms with van der Waals surface area (Å²) in [6, 6.07) is 15.2. The number of likely N-dealkylation sites (tertiary alicyclic amines) is 1. The lowest BCUT2D eigenvalue weighted by Gasteiger charge is -2.30. The summed E-state index contributed by atoms with van der Waals surface area (Å²) >= 11 is 0. The van der Waals surface area contributed by atoms with Crippen LogP contribution in [0.1, 0.15) is 31.2 Å². The number of rotatable bonds is 6. The van der Waals surface area contributed by atoms with Crippen molar-refractivity contribution in [2.45, 2.75) is 33.2 Å². The zero-order chi connectivity index (χ0) is 22.5. The van der Waals surface area contributed by atoms with Gasteiger partial charge < -0.3 is 15.2 Å². The Hall–Kier alpha value is -3.52. The zero-order valence-corrected chi connectivity index (χ0v) is 18.3. The van der Waals surface area contributed by atoms with Crippen LogP contribution in [0, 0.1) is 12.8 Å². The van der Waals surface area contributed by atoms with E-state index in [0.717, 1.165) is 24.9 Å². The summed E-state index contributed by atoms with van der Waals surface area (Å²) in [6.07, 6.45) is 1.75. The Labute approximate surface area is 187 Å². The van der Waals surface area contributed by atoms with Gasteiger partial charge in [-0.2, -0.15) is 4.98 Å². The van der Waals surface area contributed by atoms with Crippen LogP contribution in [0.15, 0.2) is 53.1 Å². The van der Waals surface area contributed by atoms with Crippen molar-refractivity contribution >= 4 is 23.2 Å². The number of amides is 2. The van der Waals surface area contributed by atoms with Gasteiger partial charge in [0.1, 0.15) is 0 Å². The van der Waals surface area contributed by atoms with Gasteiger partial charge in [0, 0.05) is 30.4 Å². The molecule has 2 amide bonds. The van der Waals surface area contributed by atoms with Gasteiger partial charge in [0.2, 0.25) is 23.5 Å². The van der Waals surface area contributed by atoms with Crippen LogP contribution in [0.3, 0.4) is 0 Å². The van der Waals surface area contributed by atoms with Crippen LogP contribution < -0.4 is 10.6 Å². The first-order chi connectivity index (χ1) is 15.5. The van der Waals surface area contributed by atoms with E-state index in [1.807, 2.05) is 37.3 Å². The standard InChI is InChI=1S/C24H27N5O3/c1-16-8-10-18(11-9-16)23-27-22(32-28-23)15-29-12-4-5-19(14-29)24(31)26-21-7-3-6-20(13-21)25-17(2)30/h3,6-11,13,19H,4-5,12,14-15H2,1-2H3,(H,25,30)(H,26,31). The van der Waals surface area contributed by atoms with Crippen LogP contribution in [0.25, 0.3) is 11.4 Å². The number of carbonyl (C=O) groups excluding carboxylic acids is 2. The number of aryl methyl sites for hydroxylation is 1. The molecule has 0 aliphatic carbocycles. The van der Waals surface area contributed by atoms with Crippen LogP contribution in [-0.2, 0) is 16.1 Å². The van der Waals surface area contributed by atoms with Crippen LogP contribution in [-0.4, -0.2) is 39.9 Å². The number of hydrogen-bond acceptors (Lipinski definition) is 6. The molecule has 1 fully saturated rings. The molecule has 0 radical (unpaired) electrons. The lowest BCUT2D eigenvalue weighted by molar-refractivity contribution is -0.121. The summed E-state index contributed by atoms with van der Waals surface area (Å²) in [5.41, 5.74) is 3.42. The molecule has 2 aromatic carbocycles. The lowest BCUT2D eigenvalue weighted by atomic mass is 9.97. The van der Waals surface area contributed by atoms with Crippen LogP contribution in [0.4, 0.5) is 11.4 Å². The molecule has 0 spiro atoms. The van der Waals surface area contributed by atoms with Gasteiger partial charge in [-0.25, -0.2) is 0 Å². The van der Waals surface area contributed by atoms with Crippen molar-refractivity contribution in [1.82, 2.24) is 15.0 Å². The number of nitrogens with zero attached hydrogens (tertiary/aromatic N) is 3. The van der Waals surface area contributed by atoms with Crippen molar-refractivity contribution in [3.05, 3.63) is 60.0 Å². The van der Waals surface area contributed by atoms with E-state index in [9.17, 15) is 9.59 Å². The molecule has 1 aromatic heterocycles. The van der Waals surface area contributed by atoms with E-state index in [4.69, 9.17) is 4.52 Å². The third-order valence-corrected chi connectivity index (χ3v) is 5.46. The Morgan fingerprint density at radius 3 is 2.62 bits per heavy atom. The summed E-state index contributed by atoms with van der Waals surface area (Å²) in [5, 5.41) is 9.80. The van der Waals surface area contributed by atoms with Crippen LogP contribution in [0.2, 0.25) is 0 Å². The Balaban J connectivity index is 1.35. The van der Waals surface area contributed by atoms with Gasteiger partial charge in [-0.15, -0.1) is 0 Å². The topological polar surface area (TPSA) is 100 Å². The first kappa shape index (κ1) is 21.7. The maximum Gasteiger partial charge on any atom is 0.241 e. The zero-order valence-electron chi connectivity index (χ0n) is 18.3. The van der Waals surface area contributed by atoms with E-state index in [-0.39, 0.29) is 17.7 Å². The molecule has 1 aliphatic heterocycles. The van der Waals surface area contributed by atoms with Gasteiger partial charge in [-0.3, -0.25) is 14.5 Å². The smallest absolute Gasteiger partial charge is 0.241 e. The van der Waals surface area contributed by atoms with Gasteiger partial charge in [0.05, 0.1) is 12.5 Å².